The Kier molecular flexibility index (Phi) is 1.26. The van der Waals surface area contributed by atoms with Gasteiger partial charge in [-0.05, 0) is 6.07 Å². The Balaban J connectivity index is 2.96. The molecule has 56 valence electrons. The fourth-order valence-electron chi connectivity index (χ4n) is 1.01. The fraction of sp³-hybridized carbons (Fsp3) is 0. The predicted molar refractivity (Wildman–Crippen MR) is 42.8 cm³/mol. The van der Waals surface area contributed by atoms with E-state index < -0.39 is 0 Å². The molecule has 2 heterocycles. The summed E-state index contributed by atoms with van der Waals surface area (Å²) in [5.74, 6) is 0.120. The van der Waals surface area contributed by atoms with E-state index in [1.54, 1.807) is 12.3 Å². The standard InChI is InChI=1S/C7H5ClN2O/c8-7-4-1-2-9-6(4)5(11)3-10-7/h1-3,9,11H. The topological polar surface area (TPSA) is 48.9 Å². The summed E-state index contributed by atoms with van der Waals surface area (Å²) in [4.78, 5) is 6.63. The van der Waals surface area contributed by atoms with Gasteiger partial charge in [-0.2, -0.15) is 0 Å². The number of hydrogen-bond acceptors (Lipinski definition) is 2. The number of fused-ring (bicyclic) bond motifs is 1. The van der Waals surface area contributed by atoms with E-state index in [0.29, 0.717) is 10.7 Å². The number of aromatic hydroxyl groups is 1. The van der Waals surface area contributed by atoms with Gasteiger partial charge in [-0.1, -0.05) is 11.6 Å². The van der Waals surface area contributed by atoms with E-state index in [0.717, 1.165) is 5.39 Å². The van der Waals surface area contributed by atoms with Gasteiger partial charge in [0.2, 0.25) is 0 Å². The van der Waals surface area contributed by atoms with Crippen LogP contribution in [0.1, 0.15) is 0 Å². The Morgan fingerprint density at radius 3 is 3.09 bits per heavy atom. The van der Waals surface area contributed by atoms with Gasteiger partial charge in [-0.3, -0.25) is 0 Å². The summed E-state index contributed by atoms with van der Waals surface area (Å²) in [7, 11) is 0. The zero-order valence-electron chi connectivity index (χ0n) is 5.50. The third-order valence-corrected chi connectivity index (χ3v) is 1.83. The minimum Gasteiger partial charge on any atom is -0.504 e. The van der Waals surface area contributed by atoms with E-state index in [1.807, 2.05) is 0 Å². The van der Waals surface area contributed by atoms with Crippen LogP contribution in [0, 0.1) is 0 Å². The molecule has 0 fully saturated rings. The molecule has 3 nitrogen and oxygen atoms in total. The van der Waals surface area contributed by atoms with E-state index in [4.69, 9.17) is 11.6 Å². The van der Waals surface area contributed by atoms with E-state index in [9.17, 15) is 5.11 Å². The Hall–Kier alpha value is -1.22. The van der Waals surface area contributed by atoms with E-state index in [1.165, 1.54) is 6.20 Å². The van der Waals surface area contributed by atoms with E-state index >= 15 is 0 Å². The summed E-state index contributed by atoms with van der Waals surface area (Å²) in [6, 6.07) is 1.77. The highest BCUT2D eigenvalue weighted by Gasteiger charge is 2.04. The van der Waals surface area contributed by atoms with E-state index in [-0.39, 0.29) is 5.75 Å². The van der Waals surface area contributed by atoms with Gasteiger partial charge in [0.25, 0.3) is 0 Å². The molecule has 0 saturated heterocycles. The number of nitrogens with zero attached hydrogens (tertiary/aromatic N) is 1. The SMILES string of the molecule is Oc1cnc(Cl)c2cc[nH]c12. The normalized spacial score (nSPS) is 10.6. The van der Waals surface area contributed by atoms with Gasteiger partial charge in [0, 0.05) is 11.6 Å². The van der Waals surface area contributed by atoms with Crippen LogP contribution in [0.5, 0.6) is 5.75 Å². The number of H-pyrrole nitrogens is 1. The summed E-state index contributed by atoms with van der Waals surface area (Å²) in [5, 5.41) is 10.4. The van der Waals surface area contributed by atoms with Crippen LogP contribution >= 0.6 is 11.6 Å². The van der Waals surface area contributed by atoms with Crippen molar-refractivity contribution in [1.82, 2.24) is 9.97 Å². The monoisotopic (exact) mass is 168 g/mol. The largest absolute Gasteiger partial charge is 0.504 e. The maximum atomic E-state index is 9.23. The van der Waals surface area contributed by atoms with Crippen LogP contribution in [0.2, 0.25) is 5.15 Å². The minimum absolute atomic E-state index is 0.120. The Morgan fingerprint density at radius 2 is 2.36 bits per heavy atom. The molecule has 0 saturated carbocycles. The van der Waals surface area contributed by atoms with Crippen molar-refractivity contribution >= 4 is 22.5 Å². The molecule has 0 unspecified atom stereocenters. The van der Waals surface area contributed by atoms with Gasteiger partial charge in [-0.25, -0.2) is 4.98 Å². The highest BCUT2D eigenvalue weighted by atomic mass is 35.5. The van der Waals surface area contributed by atoms with Crippen molar-refractivity contribution in [3.05, 3.63) is 23.6 Å². The number of rotatable bonds is 0. The molecule has 0 aliphatic heterocycles. The lowest BCUT2D eigenvalue weighted by atomic mass is 10.3. The van der Waals surface area contributed by atoms with Gasteiger partial charge in [0.15, 0.2) is 5.75 Å². The molecule has 0 radical (unpaired) electrons. The molecular weight excluding hydrogens is 164 g/mol. The van der Waals surface area contributed by atoms with Gasteiger partial charge in [-0.15, -0.1) is 0 Å². The number of aromatic amines is 1. The molecule has 0 amide bonds. The predicted octanol–water partition coefficient (Wildman–Crippen LogP) is 1.92. The summed E-state index contributed by atoms with van der Waals surface area (Å²) in [6.07, 6.45) is 3.03. The average molecular weight is 169 g/mol. The molecule has 11 heavy (non-hydrogen) atoms. The lowest BCUT2D eigenvalue weighted by Crippen LogP contribution is -1.76. The van der Waals surface area contributed by atoms with Gasteiger partial charge in [0.1, 0.15) is 5.15 Å². The smallest absolute Gasteiger partial charge is 0.158 e. The quantitative estimate of drug-likeness (QED) is 0.591. The molecule has 2 N–H and O–H groups in total. The molecule has 0 atom stereocenters. The molecule has 0 aromatic carbocycles. The fourth-order valence-corrected chi connectivity index (χ4v) is 1.21. The van der Waals surface area contributed by atoms with Crippen LogP contribution < -0.4 is 0 Å². The summed E-state index contributed by atoms with van der Waals surface area (Å²) in [6.45, 7) is 0. The van der Waals surface area contributed by atoms with Gasteiger partial charge < -0.3 is 10.1 Å². The third kappa shape index (κ3) is 0.851. The second kappa shape index (κ2) is 2.13. The maximum absolute atomic E-state index is 9.23. The van der Waals surface area contributed by atoms with Gasteiger partial charge >= 0.3 is 0 Å². The van der Waals surface area contributed by atoms with Crippen LogP contribution in [0.3, 0.4) is 0 Å². The van der Waals surface area contributed by atoms with Crippen LogP contribution in [0.4, 0.5) is 0 Å². The van der Waals surface area contributed by atoms with Crippen LogP contribution in [-0.4, -0.2) is 15.1 Å². The summed E-state index contributed by atoms with van der Waals surface area (Å²) in [5.41, 5.74) is 0.630. The number of hydrogen-bond donors (Lipinski definition) is 2. The number of nitrogens with one attached hydrogen (secondary N) is 1. The highest BCUT2D eigenvalue weighted by Crippen LogP contribution is 2.26. The molecule has 2 rings (SSSR count). The summed E-state index contributed by atoms with van der Waals surface area (Å²) < 4.78 is 0. The molecule has 0 aliphatic carbocycles. The first-order chi connectivity index (χ1) is 5.29. The molecule has 2 aromatic rings. The number of halogens is 1. The first-order valence-electron chi connectivity index (χ1n) is 3.09. The van der Waals surface area contributed by atoms with Crippen LogP contribution in [-0.2, 0) is 0 Å². The zero-order valence-corrected chi connectivity index (χ0v) is 6.26. The van der Waals surface area contributed by atoms with Crippen molar-refractivity contribution in [3.63, 3.8) is 0 Å². The lowest BCUT2D eigenvalue weighted by Gasteiger charge is -1.94. The lowest BCUT2D eigenvalue weighted by molar-refractivity contribution is 0.478. The van der Waals surface area contributed by atoms with Crippen molar-refractivity contribution in [1.29, 1.82) is 0 Å². The van der Waals surface area contributed by atoms with Crippen molar-refractivity contribution < 1.29 is 5.11 Å². The number of pyridine rings is 1. The second-order valence-electron chi connectivity index (χ2n) is 2.20. The van der Waals surface area contributed by atoms with Crippen LogP contribution in [0.15, 0.2) is 18.5 Å². The number of aromatic nitrogens is 2. The Bertz CT molecular complexity index is 360. The van der Waals surface area contributed by atoms with Crippen molar-refractivity contribution in [2.45, 2.75) is 0 Å². The average Bonchev–Trinajstić information content (AvgIpc) is 2.45. The van der Waals surface area contributed by atoms with Crippen molar-refractivity contribution in [3.8, 4) is 5.75 Å². The van der Waals surface area contributed by atoms with Crippen LogP contribution in [0.25, 0.3) is 10.9 Å². The minimum atomic E-state index is 0.120. The molecular formula is C7H5ClN2O. The van der Waals surface area contributed by atoms with E-state index in [2.05, 4.69) is 9.97 Å². The van der Waals surface area contributed by atoms with Crippen molar-refractivity contribution in [2.75, 3.05) is 0 Å². The first kappa shape index (κ1) is 6.49. The molecule has 0 spiro atoms. The van der Waals surface area contributed by atoms with Gasteiger partial charge in [0.05, 0.1) is 11.7 Å². The zero-order chi connectivity index (χ0) is 7.84. The maximum Gasteiger partial charge on any atom is 0.158 e. The Morgan fingerprint density at radius 1 is 1.55 bits per heavy atom. The Labute approximate surface area is 67.6 Å². The molecule has 0 bridgehead atoms. The third-order valence-electron chi connectivity index (χ3n) is 1.53. The molecule has 4 heteroatoms. The first-order valence-corrected chi connectivity index (χ1v) is 3.47. The molecule has 2 aromatic heterocycles. The highest BCUT2D eigenvalue weighted by molar-refractivity contribution is 6.34. The second-order valence-corrected chi connectivity index (χ2v) is 2.56. The molecule has 0 aliphatic rings. The summed E-state index contributed by atoms with van der Waals surface area (Å²) >= 11 is 5.73. The van der Waals surface area contributed by atoms with Crippen molar-refractivity contribution in [2.24, 2.45) is 0 Å².